The number of rotatable bonds is 8. The standard InChI is InChI=1S/C14H22N2O3/c1-3-7-18-8-9-19-11(2)14(17)16-13-6-4-5-12(15)10-13/h4-6,10-11H,3,7-9,15H2,1-2H3,(H,16,17). The van der Waals surface area contributed by atoms with Crippen molar-refractivity contribution in [1.82, 2.24) is 0 Å². The van der Waals surface area contributed by atoms with Crippen LogP contribution in [0.25, 0.3) is 0 Å². The van der Waals surface area contributed by atoms with Crippen molar-refractivity contribution in [3.8, 4) is 0 Å². The Bertz CT molecular complexity index is 396. The van der Waals surface area contributed by atoms with Gasteiger partial charge >= 0.3 is 0 Å². The first-order chi connectivity index (χ1) is 9.13. The number of carbonyl (C=O) groups is 1. The molecule has 0 spiro atoms. The predicted octanol–water partition coefficient (Wildman–Crippen LogP) is 2.04. The van der Waals surface area contributed by atoms with Gasteiger partial charge in [0.2, 0.25) is 0 Å². The summed E-state index contributed by atoms with van der Waals surface area (Å²) in [5, 5.41) is 2.75. The van der Waals surface area contributed by atoms with Gasteiger partial charge in [-0.2, -0.15) is 0 Å². The molecule has 0 aromatic heterocycles. The quantitative estimate of drug-likeness (QED) is 0.558. The van der Waals surface area contributed by atoms with Crippen molar-refractivity contribution in [2.24, 2.45) is 0 Å². The summed E-state index contributed by atoms with van der Waals surface area (Å²) in [5.41, 5.74) is 6.92. The van der Waals surface area contributed by atoms with Gasteiger partial charge in [-0.05, 0) is 31.5 Å². The van der Waals surface area contributed by atoms with Gasteiger partial charge in [-0.25, -0.2) is 0 Å². The Balaban J connectivity index is 2.28. The molecule has 0 saturated heterocycles. The van der Waals surface area contributed by atoms with Gasteiger partial charge in [0.1, 0.15) is 6.10 Å². The van der Waals surface area contributed by atoms with Gasteiger partial charge in [-0.1, -0.05) is 13.0 Å². The number of nitrogens with one attached hydrogen (secondary N) is 1. The molecule has 19 heavy (non-hydrogen) atoms. The zero-order chi connectivity index (χ0) is 14.1. The van der Waals surface area contributed by atoms with Gasteiger partial charge in [0, 0.05) is 18.0 Å². The molecule has 0 saturated carbocycles. The number of anilines is 2. The minimum atomic E-state index is -0.522. The molecule has 1 unspecified atom stereocenters. The van der Waals surface area contributed by atoms with E-state index < -0.39 is 6.10 Å². The van der Waals surface area contributed by atoms with E-state index in [1.165, 1.54) is 0 Å². The van der Waals surface area contributed by atoms with E-state index >= 15 is 0 Å². The Morgan fingerprint density at radius 2 is 2.16 bits per heavy atom. The number of nitrogen functional groups attached to an aromatic ring is 1. The molecule has 0 fully saturated rings. The zero-order valence-electron chi connectivity index (χ0n) is 11.5. The number of ether oxygens (including phenoxy) is 2. The monoisotopic (exact) mass is 266 g/mol. The van der Waals surface area contributed by atoms with Crippen LogP contribution in [-0.2, 0) is 14.3 Å². The lowest BCUT2D eigenvalue weighted by Crippen LogP contribution is -2.28. The van der Waals surface area contributed by atoms with E-state index in [0.717, 1.165) is 6.42 Å². The summed E-state index contributed by atoms with van der Waals surface area (Å²) in [4.78, 5) is 11.8. The Labute approximate surface area is 114 Å². The molecular weight excluding hydrogens is 244 g/mol. The topological polar surface area (TPSA) is 73.6 Å². The van der Waals surface area contributed by atoms with Gasteiger partial charge in [0.25, 0.3) is 5.91 Å². The average Bonchev–Trinajstić information content (AvgIpc) is 2.38. The van der Waals surface area contributed by atoms with E-state index in [1.807, 2.05) is 6.92 Å². The van der Waals surface area contributed by atoms with Crippen LogP contribution in [0.2, 0.25) is 0 Å². The van der Waals surface area contributed by atoms with Gasteiger partial charge in [-0.15, -0.1) is 0 Å². The summed E-state index contributed by atoms with van der Waals surface area (Å²) < 4.78 is 10.7. The molecule has 1 aromatic carbocycles. The molecule has 0 bridgehead atoms. The molecule has 0 radical (unpaired) electrons. The predicted molar refractivity (Wildman–Crippen MR) is 76.0 cm³/mol. The van der Waals surface area contributed by atoms with E-state index in [0.29, 0.717) is 31.2 Å². The zero-order valence-corrected chi connectivity index (χ0v) is 11.5. The second-order valence-corrected chi connectivity index (χ2v) is 4.24. The maximum Gasteiger partial charge on any atom is 0.253 e. The van der Waals surface area contributed by atoms with Gasteiger partial charge in [0.15, 0.2) is 0 Å². The van der Waals surface area contributed by atoms with Crippen LogP contribution in [0.3, 0.4) is 0 Å². The molecule has 1 amide bonds. The molecule has 1 aromatic rings. The first-order valence-corrected chi connectivity index (χ1v) is 6.49. The molecule has 1 atom stereocenters. The third-order valence-electron chi connectivity index (χ3n) is 2.47. The molecule has 0 aliphatic carbocycles. The van der Waals surface area contributed by atoms with Crippen molar-refractivity contribution >= 4 is 17.3 Å². The van der Waals surface area contributed by atoms with Crippen molar-refractivity contribution in [3.63, 3.8) is 0 Å². The van der Waals surface area contributed by atoms with E-state index in [9.17, 15) is 4.79 Å². The summed E-state index contributed by atoms with van der Waals surface area (Å²) in [6.45, 7) is 5.38. The lowest BCUT2D eigenvalue weighted by molar-refractivity contribution is -0.127. The maximum absolute atomic E-state index is 11.8. The van der Waals surface area contributed by atoms with Crippen LogP contribution in [0.1, 0.15) is 20.3 Å². The Morgan fingerprint density at radius 3 is 2.84 bits per heavy atom. The fraction of sp³-hybridized carbons (Fsp3) is 0.500. The summed E-state index contributed by atoms with van der Waals surface area (Å²) in [7, 11) is 0. The van der Waals surface area contributed by atoms with E-state index in [4.69, 9.17) is 15.2 Å². The molecule has 5 heteroatoms. The second kappa shape index (κ2) is 8.50. The van der Waals surface area contributed by atoms with Crippen LogP contribution in [-0.4, -0.2) is 31.8 Å². The van der Waals surface area contributed by atoms with Crippen molar-refractivity contribution in [2.45, 2.75) is 26.4 Å². The molecule has 0 heterocycles. The molecule has 5 nitrogen and oxygen atoms in total. The molecule has 1 rings (SSSR count). The molecule has 106 valence electrons. The minimum Gasteiger partial charge on any atom is -0.399 e. The Morgan fingerprint density at radius 1 is 1.37 bits per heavy atom. The van der Waals surface area contributed by atoms with Gasteiger partial charge in [-0.3, -0.25) is 4.79 Å². The van der Waals surface area contributed by atoms with E-state index in [2.05, 4.69) is 5.32 Å². The summed E-state index contributed by atoms with van der Waals surface area (Å²) in [5.74, 6) is -0.193. The number of hydrogen-bond donors (Lipinski definition) is 2. The highest BCUT2D eigenvalue weighted by Crippen LogP contribution is 2.12. The SMILES string of the molecule is CCCOCCOC(C)C(=O)Nc1cccc(N)c1. The third kappa shape index (κ3) is 6.22. The summed E-state index contributed by atoms with van der Waals surface area (Å²) in [6.07, 6.45) is 0.456. The van der Waals surface area contributed by atoms with E-state index in [-0.39, 0.29) is 5.91 Å². The molecular formula is C14H22N2O3. The second-order valence-electron chi connectivity index (χ2n) is 4.24. The molecule has 3 N–H and O–H groups in total. The fourth-order valence-electron chi connectivity index (χ4n) is 1.47. The number of hydrogen-bond acceptors (Lipinski definition) is 4. The number of amides is 1. The van der Waals surface area contributed by atoms with Crippen LogP contribution in [0, 0.1) is 0 Å². The smallest absolute Gasteiger partial charge is 0.253 e. The first-order valence-electron chi connectivity index (χ1n) is 6.49. The van der Waals surface area contributed by atoms with Crippen molar-refractivity contribution < 1.29 is 14.3 Å². The van der Waals surface area contributed by atoms with Crippen LogP contribution < -0.4 is 11.1 Å². The molecule has 0 aliphatic heterocycles. The highest BCUT2D eigenvalue weighted by Gasteiger charge is 2.13. The van der Waals surface area contributed by atoms with Gasteiger partial charge < -0.3 is 20.5 Å². The lowest BCUT2D eigenvalue weighted by atomic mass is 10.2. The van der Waals surface area contributed by atoms with Gasteiger partial charge in [0.05, 0.1) is 13.2 Å². The average molecular weight is 266 g/mol. The number of benzene rings is 1. The Kier molecular flexibility index (Phi) is 6.92. The maximum atomic E-state index is 11.8. The van der Waals surface area contributed by atoms with Crippen molar-refractivity contribution in [3.05, 3.63) is 24.3 Å². The largest absolute Gasteiger partial charge is 0.399 e. The normalized spacial score (nSPS) is 12.1. The minimum absolute atomic E-state index is 0.193. The Hall–Kier alpha value is -1.59. The summed E-state index contributed by atoms with van der Waals surface area (Å²) in [6, 6.07) is 7.04. The van der Waals surface area contributed by atoms with Crippen LogP contribution in [0.5, 0.6) is 0 Å². The number of nitrogens with two attached hydrogens (primary N) is 1. The first kappa shape index (κ1) is 15.5. The van der Waals surface area contributed by atoms with Crippen molar-refractivity contribution in [2.75, 3.05) is 30.9 Å². The highest BCUT2D eigenvalue weighted by atomic mass is 16.5. The summed E-state index contributed by atoms with van der Waals surface area (Å²) >= 11 is 0. The van der Waals surface area contributed by atoms with Crippen LogP contribution in [0.15, 0.2) is 24.3 Å². The number of carbonyl (C=O) groups excluding carboxylic acids is 1. The third-order valence-corrected chi connectivity index (χ3v) is 2.47. The van der Waals surface area contributed by atoms with E-state index in [1.54, 1.807) is 31.2 Å². The van der Waals surface area contributed by atoms with Crippen molar-refractivity contribution in [1.29, 1.82) is 0 Å². The van der Waals surface area contributed by atoms with Crippen LogP contribution in [0.4, 0.5) is 11.4 Å². The fourth-order valence-corrected chi connectivity index (χ4v) is 1.47. The lowest BCUT2D eigenvalue weighted by Gasteiger charge is -2.13. The highest BCUT2D eigenvalue weighted by molar-refractivity contribution is 5.94. The molecule has 0 aliphatic rings. The van der Waals surface area contributed by atoms with Crippen LogP contribution >= 0.6 is 0 Å².